The summed E-state index contributed by atoms with van der Waals surface area (Å²) in [6.07, 6.45) is 7.46. The Hall–Kier alpha value is -2.95. The van der Waals surface area contributed by atoms with E-state index in [1.807, 2.05) is 30.0 Å². The number of nitrogens with one attached hydrogen (secondary N) is 1. The van der Waals surface area contributed by atoms with E-state index in [1.165, 1.54) is 0 Å². The zero-order chi connectivity index (χ0) is 18.8. The van der Waals surface area contributed by atoms with E-state index >= 15 is 0 Å². The van der Waals surface area contributed by atoms with Crippen LogP contribution in [0, 0.1) is 6.92 Å². The Balaban J connectivity index is 1.71. The molecule has 4 rings (SSSR count). The van der Waals surface area contributed by atoms with E-state index in [1.54, 1.807) is 24.5 Å². The molecule has 0 atom stereocenters. The Kier molecular flexibility index (Phi) is 4.75. The molecule has 0 spiro atoms. The van der Waals surface area contributed by atoms with E-state index in [4.69, 9.17) is 0 Å². The molecular weight excluding hydrogens is 338 g/mol. The Bertz CT molecular complexity index is 1020. The van der Waals surface area contributed by atoms with Gasteiger partial charge in [-0.25, -0.2) is 0 Å². The summed E-state index contributed by atoms with van der Waals surface area (Å²) in [6.45, 7) is 2.35. The maximum Gasteiger partial charge on any atom is 0.255 e. The number of benzene rings is 1. The first-order chi connectivity index (χ1) is 13.1. The third kappa shape index (κ3) is 3.63. The molecule has 1 saturated carbocycles. The summed E-state index contributed by atoms with van der Waals surface area (Å²) in [5.74, 6) is -0.0567. The minimum Gasteiger partial charge on any atom is -0.331 e. The quantitative estimate of drug-likeness (QED) is 0.768. The Labute approximate surface area is 158 Å². The molecular formula is C22H23N3O2. The van der Waals surface area contributed by atoms with Gasteiger partial charge in [0.05, 0.1) is 12.1 Å². The molecule has 1 N–H and O–H groups in total. The predicted molar refractivity (Wildman–Crippen MR) is 106 cm³/mol. The highest BCUT2D eigenvalue weighted by molar-refractivity contribution is 5.94. The molecule has 0 aliphatic heterocycles. The molecule has 1 aliphatic rings. The van der Waals surface area contributed by atoms with Crippen molar-refractivity contribution in [3.05, 3.63) is 75.8 Å². The van der Waals surface area contributed by atoms with Gasteiger partial charge in [-0.15, -0.1) is 0 Å². The molecule has 0 saturated heterocycles. The van der Waals surface area contributed by atoms with Gasteiger partial charge in [0.1, 0.15) is 0 Å². The fourth-order valence-corrected chi connectivity index (χ4v) is 3.91. The monoisotopic (exact) mass is 361 g/mol. The molecule has 1 aromatic carbocycles. The fourth-order valence-electron chi connectivity index (χ4n) is 3.91. The summed E-state index contributed by atoms with van der Waals surface area (Å²) >= 11 is 0. The summed E-state index contributed by atoms with van der Waals surface area (Å²) in [6, 6.07) is 11.6. The number of aryl methyl sites for hydroxylation is 1. The van der Waals surface area contributed by atoms with Crippen LogP contribution < -0.4 is 5.56 Å². The first-order valence-electron chi connectivity index (χ1n) is 9.45. The largest absolute Gasteiger partial charge is 0.331 e. The van der Waals surface area contributed by atoms with E-state index < -0.39 is 0 Å². The number of pyridine rings is 2. The second-order valence-corrected chi connectivity index (χ2v) is 7.33. The highest BCUT2D eigenvalue weighted by Crippen LogP contribution is 2.26. The Morgan fingerprint density at radius 2 is 2.04 bits per heavy atom. The lowest BCUT2D eigenvalue weighted by Crippen LogP contribution is -2.39. The lowest BCUT2D eigenvalue weighted by Gasteiger charge is -2.29. The third-order valence-electron chi connectivity index (χ3n) is 5.35. The smallest absolute Gasteiger partial charge is 0.255 e. The van der Waals surface area contributed by atoms with Gasteiger partial charge in [0.2, 0.25) is 0 Å². The van der Waals surface area contributed by atoms with Crippen LogP contribution in [0.15, 0.2) is 53.6 Å². The zero-order valence-electron chi connectivity index (χ0n) is 15.4. The van der Waals surface area contributed by atoms with E-state index in [-0.39, 0.29) is 17.5 Å². The van der Waals surface area contributed by atoms with Gasteiger partial charge in [-0.2, -0.15) is 0 Å². The van der Waals surface area contributed by atoms with Gasteiger partial charge in [-0.3, -0.25) is 14.6 Å². The van der Waals surface area contributed by atoms with Crippen molar-refractivity contribution in [2.75, 3.05) is 0 Å². The van der Waals surface area contributed by atoms with Crippen LogP contribution >= 0.6 is 0 Å². The highest BCUT2D eigenvalue weighted by Gasteiger charge is 2.28. The van der Waals surface area contributed by atoms with Crippen molar-refractivity contribution in [3.63, 3.8) is 0 Å². The number of carbonyl (C=O) groups excluding carboxylic acids is 1. The summed E-state index contributed by atoms with van der Waals surface area (Å²) in [5.41, 5.74) is 3.02. The highest BCUT2D eigenvalue weighted by atomic mass is 16.2. The second-order valence-electron chi connectivity index (χ2n) is 7.33. The number of hydrogen-bond donors (Lipinski definition) is 1. The average Bonchev–Trinajstić information content (AvgIpc) is 3.21. The summed E-state index contributed by atoms with van der Waals surface area (Å²) in [7, 11) is 0. The molecule has 5 heteroatoms. The average molecular weight is 361 g/mol. The number of aromatic nitrogens is 2. The van der Waals surface area contributed by atoms with Gasteiger partial charge in [0.25, 0.3) is 11.5 Å². The lowest BCUT2D eigenvalue weighted by molar-refractivity contribution is 0.0663. The number of hydrogen-bond acceptors (Lipinski definition) is 3. The normalized spacial score (nSPS) is 14.6. The van der Waals surface area contributed by atoms with Crippen LogP contribution in [-0.4, -0.2) is 26.8 Å². The number of H-pyrrole nitrogens is 1. The molecule has 0 unspecified atom stereocenters. The number of fused-ring (bicyclic) bond motifs is 1. The van der Waals surface area contributed by atoms with Crippen LogP contribution in [-0.2, 0) is 6.54 Å². The molecule has 0 radical (unpaired) electrons. The van der Waals surface area contributed by atoms with Crippen LogP contribution in [0.25, 0.3) is 10.9 Å². The Morgan fingerprint density at radius 3 is 2.78 bits per heavy atom. The SMILES string of the molecule is Cc1ccc2[nH]c(=O)c(CN(C(=O)c3cccnc3)C3CCCC3)cc2c1. The van der Waals surface area contributed by atoms with Crippen LogP contribution in [0.2, 0.25) is 0 Å². The van der Waals surface area contributed by atoms with E-state index in [9.17, 15) is 9.59 Å². The molecule has 27 heavy (non-hydrogen) atoms. The van der Waals surface area contributed by atoms with Crippen LogP contribution in [0.3, 0.4) is 0 Å². The molecule has 5 nitrogen and oxygen atoms in total. The molecule has 3 aromatic rings. The van der Waals surface area contributed by atoms with Crippen molar-refractivity contribution in [3.8, 4) is 0 Å². The molecule has 2 heterocycles. The number of carbonyl (C=O) groups is 1. The van der Waals surface area contributed by atoms with Crippen molar-refractivity contribution in [2.45, 2.75) is 45.2 Å². The van der Waals surface area contributed by atoms with Crippen LogP contribution in [0.1, 0.15) is 47.2 Å². The van der Waals surface area contributed by atoms with Crippen molar-refractivity contribution in [2.24, 2.45) is 0 Å². The molecule has 0 bridgehead atoms. The van der Waals surface area contributed by atoms with E-state index in [0.717, 1.165) is 42.1 Å². The standard InChI is InChI=1S/C22H23N3O2/c1-15-8-9-20-17(11-15)12-18(21(26)24-20)14-25(19-6-2-3-7-19)22(27)16-5-4-10-23-13-16/h4-5,8-13,19H,2-3,6-7,14H2,1H3,(H,24,26). The molecule has 138 valence electrons. The first-order valence-corrected chi connectivity index (χ1v) is 9.45. The number of amides is 1. The van der Waals surface area contributed by atoms with Crippen molar-refractivity contribution in [1.82, 2.24) is 14.9 Å². The number of rotatable bonds is 4. The predicted octanol–water partition coefficient (Wildman–Crippen LogP) is 3.82. The van der Waals surface area contributed by atoms with Crippen LogP contribution in [0.5, 0.6) is 0 Å². The molecule has 2 aromatic heterocycles. The topological polar surface area (TPSA) is 66.1 Å². The summed E-state index contributed by atoms with van der Waals surface area (Å²) in [4.78, 5) is 34.6. The van der Waals surface area contributed by atoms with Gasteiger partial charge >= 0.3 is 0 Å². The van der Waals surface area contributed by atoms with Gasteiger partial charge < -0.3 is 9.88 Å². The maximum atomic E-state index is 13.1. The van der Waals surface area contributed by atoms with Gasteiger partial charge in [-0.05, 0) is 55.5 Å². The zero-order valence-corrected chi connectivity index (χ0v) is 15.4. The molecule has 1 fully saturated rings. The van der Waals surface area contributed by atoms with Crippen LogP contribution in [0.4, 0.5) is 0 Å². The van der Waals surface area contributed by atoms with Crippen molar-refractivity contribution >= 4 is 16.8 Å². The molecule has 1 amide bonds. The van der Waals surface area contributed by atoms with Gasteiger partial charge in [-0.1, -0.05) is 24.5 Å². The van der Waals surface area contributed by atoms with Crippen molar-refractivity contribution in [1.29, 1.82) is 0 Å². The van der Waals surface area contributed by atoms with Crippen molar-refractivity contribution < 1.29 is 4.79 Å². The number of nitrogens with zero attached hydrogens (tertiary/aromatic N) is 2. The number of aromatic amines is 1. The van der Waals surface area contributed by atoms with E-state index in [0.29, 0.717) is 17.7 Å². The maximum absolute atomic E-state index is 13.1. The minimum absolute atomic E-state index is 0.0567. The summed E-state index contributed by atoms with van der Waals surface area (Å²) < 4.78 is 0. The summed E-state index contributed by atoms with van der Waals surface area (Å²) in [5, 5.41) is 0.991. The van der Waals surface area contributed by atoms with Gasteiger partial charge in [0, 0.05) is 29.5 Å². The second kappa shape index (κ2) is 7.35. The first kappa shape index (κ1) is 17.5. The fraction of sp³-hybridized carbons (Fsp3) is 0.318. The third-order valence-corrected chi connectivity index (χ3v) is 5.35. The minimum atomic E-state index is -0.131. The molecule has 1 aliphatic carbocycles. The van der Waals surface area contributed by atoms with E-state index in [2.05, 4.69) is 16.0 Å². The Morgan fingerprint density at radius 1 is 1.22 bits per heavy atom. The lowest BCUT2D eigenvalue weighted by atomic mass is 10.1. The van der Waals surface area contributed by atoms with Gasteiger partial charge in [0.15, 0.2) is 0 Å².